The lowest BCUT2D eigenvalue weighted by Gasteiger charge is -2.33. The minimum atomic E-state index is -0.408. The molecule has 0 spiro atoms. The molecule has 8 heteroatoms. The highest BCUT2D eigenvalue weighted by molar-refractivity contribution is 5.77. The molecule has 0 aliphatic heterocycles. The second-order valence-corrected chi connectivity index (χ2v) is 9.66. The van der Waals surface area contributed by atoms with E-state index < -0.39 is 5.69 Å². The molecule has 1 aliphatic carbocycles. The van der Waals surface area contributed by atoms with Gasteiger partial charge in [-0.3, -0.25) is 19.1 Å². The van der Waals surface area contributed by atoms with E-state index >= 15 is 0 Å². The van der Waals surface area contributed by atoms with Gasteiger partial charge in [0, 0.05) is 38.0 Å². The molecule has 1 fully saturated rings. The minimum absolute atomic E-state index is 0.154. The molecule has 1 aliphatic rings. The number of carbonyl (C=O) groups excluding carboxylic acids is 1. The summed E-state index contributed by atoms with van der Waals surface area (Å²) in [5, 5.41) is 0. The molecule has 33 heavy (non-hydrogen) atoms. The van der Waals surface area contributed by atoms with Crippen molar-refractivity contribution in [3.8, 4) is 0 Å². The first-order valence-corrected chi connectivity index (χ1v) is 12.9. The Balaban J connectivity index is 1.93. The summed E-state index contributed by atoms with van der Waals surface area (Å²) >= 11 is 0. The number of imidazole rings is 1. The van der Waals surface area contributed by atoms with Crippen LogP contribution in [0.1, 0.15) is 97.7 Å². The molecule has 1 amide bonds. The molecule has 0 saturated heterocycles. The first kappa shape index (κ1) is 25.2. The molecular formula is C25H41N5O3. The van der Waals surface area contributed by atoms with Crippen LogP contribution in [0.4, 0.5) is 0 Å². The van der Waals surface area contributed by atoms with Crippen LogP contribution in [0.15, 0.2) is 9.59 Å². The molecule has 2 aromatic heterocycles. The van der Waals surface area contributed by atoms with Gasteiger partial charge in [-0.05, 0) is 39.5 Å². The summed E-state index contributed by atoms with van der Waals surface area (Å²) in [4.78, 5) is 47.9. The van der Waals surface area contributed by atoms with Gasteiger partial charge in [-0.2, -0.15) is 0 Å². The van der Waals surface area contributed by atoms with Crippen LogP contribution in [0.5, 0.6) is 0 Å². The first-order chi connectivity index (χ1) is 15.9. The van der Waals surface area contributed by atoms with Crippen LogP contribution < -0.4 is 11.2 Å². The molecule has 2 aromatic rings. The number of H-pyrrole nitrogens is 1. The van der Waals surface area contributed by atoms with E-state index in [1.165, 1.54) is 12.8 Å². The second-order valence-electron chi connectivity index (χ2n) is 9.66. The highest BCUT2D eigenvalue weighted by atomic mass is 16.2. The number of nitrogens with one attached hydrogen (secondary N) is 1. The Labute approximate surface area is 196 Å². The summed E-state index contributed by atoms with van der Waals surface area (Å²) in [5.74, 6) is 0.882. The fraction of sp³-hybridized carbons (Fsp3) is 0.760. The monoisotopic (exact) mass is 459 g/mol. The second kappa shape index (κ2) is 11.7. The number of nitrogens with zero attached hydrogens (tertiary/aromatic N) is 4. The number of aromatic amines is 1. The number of aromatic nitrogens is 4. The molecule has 0 bridgehead atoms. The summed E-state index contributed by atoms with van der Waals surface area (Å²) in [5.41, 5.74) is 0.113. The van der Waals surface area contributed by atoms with E-state index in [0.29, 0.717) is 43.1 Å². The van der Waals surface area contributed by atoms with Gasteiger partial charge < -0.3 is 9.47 Å². The lowest BCUT2D eigenvalue weighted by atomic mass is 10.1. The Hall–Kier alpha value is -2.38. The zero-order chi connectivity index (χ0) is 24.0. The average molecular weight is 460 g/mol. The third-order valence-electron chi connectivity index (χ3n) is 6.81. The van der Waals surface area contributed by atoms with Gasteiger partial charge in [0.25, 0.3) is 5.56 Å². The van der Waals surface area contributed by atoms with Gasteiger partial charge >= 0.3 is 5.69 Å². The molecule has 2 heterocycles. The summed E-state index contributed by atoms with van der Waals surface area (Å²) in [6.45, 7) is 9.57. The van der Waals surface area contributed by atoms with Crippen LogP contribution >= 0.6 is 0 Å². The van der Waals surface area contributed by atoms with E-state index in [-0.39, 0.29) is 17.5 Å². The lowest BCUT2D eigenvalue weighted by molar-refractivity contribution is -0.135. The van der Waals surface area contributed by atoms with Crippen molar-refractivity contribution in [2.45, 2.75) is 123 Å². The quantitative estimate of drug-likeness (QED) is 0.486. The predicted octanol–water partition coefficient (Wildman–Crippen LogP) is 3.99. The summed E-state index contributed by atoms with van der Waals surface area (Å²) in [6.07, 6.45) is 10.2. The highest BCUT2D eigenvalue weighted by Crippen LogP contribution is 2.26. The minimum Gasteiger partial charge on any atom is -0.337 e. The van der Waals surface area contributed by atoms with Gasteiger partial charge in [0.1, 0.15) is 5.82 Å². The van der Waals surface area contributed by atoms with Crippen LogP contribution in [0, 0.1) is 0 Å². The maximum absolute atomic E-state index is 13.2. The highest BCUT2D eigenvalue weighted by Gasteiger charge is 2.29. The van der Waals surface area contributed by atoms with Crippen molar-refractivity contribution >= 4 is 17.1 Å². The largest absolute Gasteiger partial charge is 0.337 e. The number of carbonyl (C=O) groups is 1. The normalized spacial score (nSPS) is 14.6. The number of unbranched alkanes of at least 4 members (excludes halogenated alkanes) is 3. The Morgan fingerprint density at radius 2 is 1.73 bits per heavy atom. The summed E-state index contributed by atoms with van der Waals surface area (Å²) in [6, 6.07) is 0.508. The van der Waals surface area contributed by atoms with E-state index in [9.17, 15) is 14.4 Å². The SMILES string of the molecule is CCCCCn1c(CCC(=O)N(C(C)C)C2CCCC2)nc2c1c(=O)[nH]c(=O)n2CCCC. The molecule has 0 unspecified atom stereocenters. The van der Waals surface area contributed by atoms with Crippen LogP contribution in [-0.2, 0) is 24.3 Å². The fourth-order valence-electron chi connectivity index (χ4n) is 5.14. The third kappa shape index (κ3) is 5.76. The number of amides is 1. The van der Waals surface area contributed by atoms with Crippen molar-refractivity contribution in [3.63, 3.8) is 0 Å². The number of rotatable bonds is 12. The lowest BCUT2D eigenvalue weighted by Crippen LogP contribution is -2.43. The summed E-state index contributed by atoms with van der Waals surface area (Å²) < 4.78 is 3.54. The molecular weight excluding hydrogens is 418 g/mol. The Kier molecular flexibility index (Phi) is 8.92. The van der Waals surface area contributed by atoms with Gasteiger partial charge in [-0.15, -0.1) is 0 Å². The third-order valence-corrected chi connectivity index (χ3v) is 6.81. The molecule has 1 N–H and O–H groups in total. The predicted molar refractivity (Wildman–Crippen MR) is 132 cm³/mol. The van der Waals surface area contributed by atoms with Gasteiger partial charge in [-0.1, -0.05) is 46.0 Å². The van der Waals surface area contributed by atoms with Crippen LogP contribution in [0.25, 0.3) is 11.2 Å². The number of aryl methyl sites for hydroxylation is 3. The molecule has 184 valence electrons. The number of fused-ring (bicyclic) bond motifs is 1. The Morgan fingerprint density at radius 3 is 2.36 bits per heavy atom. The van der Waals surface area contributed by atoms with Crippen molar-refractivity contribution in [1.82, 2.24) is 24.0 Å². The van der Waals surface area contributed by atoms with Gasteiger partial charge in [-0.25, -0.2) is 9.78 Å². The Bertz CT molecular complexity index is 1040. The topological polar surface area (TPSA) is 93.0 Å². The van der Waals surface area contributed by atoms with Gasteiger partial charge in [0.2, 0.25) is 5.91 Å². The van der Waals surface area contributed by atoms with Gasteiger partial charge in [0.15, 0.2) is 11.2 Å². The maximum atomic E-state index is 13.2. The molecule has 0 aromatic carbocycles. The number of hydrogen-bond acceptors (Lipinski definition) is 4. The summed E-state index contributed by atoms with van der Waals surface area (Å²) in [7, 11) is 0. The first-order valence-electron chi connectivity index (χ1n) is 12.9. The van der Waals surface area contributed by atoms with E-state index in [2.05, 4.69) is 37.6 Å². The maximum Gasteiger partial charge on any atom is 0.330 e. The van der Waals surface area contributed by atoms with Crippen molar-refractivity contribution in [2.24, 2.45) is 0 Å². The van der Waals surface area contributed by atoms with Crippen molar-refractivity contribution in [1.29, 1.82) is 0 Å². The van der Waals surface area contributed by atoms with Crippen molar-refractivity contribution in [2.75, 3.05) is 0 Å². The number of hydrogen-bond donors (Lipinski definition) is 1. The fourth-order valence-corrected chi connectivity index (χ4v) is 5.14. The molecule has 0 atom stereocenters. The van der Waals surface area contributed by atoms with Gasteiger partial charge in [0.05, 0.1) is 0 Å². The zero-order valence-electron chi connectivity index (χ0n) is 20.9. The average Bonchev–Trinajstić information content (AvgIpc) is 3.41. The molecule has 0 radical (unpaired) electrons. The van der Waals surface area contributed by atoms with Crippen LogP contribution in [0.3, 0.4) is 0 Å². The van der Waals surface area contributed by atoms with Crippen molar-refractivity contribution < 1.29 is 4.79 Å². The van der Waals surface area contributed by atoms with Crippen molar-refractivity contribution in [3.05, 3.63) is 26.7 Å². The standard InChI is InChI=1S/C25H41N5O3/c1-5-7-11-17-28-20(14-15-21(31)30(18(3)4)19-12-9-10-13-19)26-23-22(28)24(32)27-25(33)29(23)16-8-6-2/h18-19H,5-17H2,1-4H3,(H,27,32,33). The van der Waals surface area contributed by atoms with E-state index in [4.69, 9.17) is 4.98 Å². The zero-order valence-corrected chi connectivity index (χ0v) is 20.9. The van der Waals surface area contributed by atoms with E-state index in [1.54, 1.807) is 4.57 Å². The molecule has 8 nitrogen and oxygen atoms in total. The van der Waals surface area contributed by atoms with Crippen LogP contribution in [-0.4, -0.2) is 42.0 Å². The Morgan fingerprint density at radius 1 is 1.06 bits per heavy atom. The van der Waals surface area contributed by atoms with E-state index in [1.807, 2.05) is 4.57 Å². The van der Waals surface area contributed by atoms with Crippen LogP contribution in [0.2, 0.25) is 0 Å². The molecule has 3 rings (SSSR count). The molecule has 1 saturated carbocycles. The van der Waals surface area contributed by atoms with E-state index in [0.717, 1.165) is 50.8 Å². The smallest absolute Gasteiger partial charge is 0.330 e.